The summed E-state index contributed by atoms with van der Waals surface area (Å²) in [6.07, 6.45) is 0. The van der Waals surface area contributed by atoms with E-state index in [2.05, 4.69) is 0 Å². The molecule has 0 saturated heterocycles. The summed E-state index contributed by atoms with van der Waals surface area (Å²) < 4.78 is 0. The SMILES string of the molecule is CN(CC(C)(C)O)C(=O)c1sccc1-c1ccccc1. The van der Waals surface area contributed by atoms with E-state index in [0.29, 0.717) is 11.4 Å². The van der Waals surface area contributed by atoms with Crippen LogP contribution in [0.15, 0.2) is 41.8 Å². The highest BCUT2D eigenvalue weighted by Crippen LogP contribution is 2.29. The molecule has 1 aromatic carbocycles. The highest BCUT2D eigenvalue weighted by molar-refractivity contribution is 7.12. The molecule has 1 N–H and O–H groups in total. The van der Waals surface area contributed by atoms with Gasteiger partial charge in [0, 0.05) is 19.2 Å². The van der Waals surface area contributed by atoms with Crippen molar-refractivity contribution in [2.45, 2.75) is 19.4 Å². The quantitative estimate of drug-likeness (QED) is 0.938. The minimum Gasteiger partial charge on any atom is -0.389 e. The zero-order valence-electron chi connectivity index (χ0n) is 12.0. The fraction of sp³-hybridized carbons (Fsp3) is 0.312. The van der Waals surface area contributed by atoms with Gasteiger partial charge in [-0.3, -0.25) is 4.79 Å². The van der Waals surface area contributed by atoms with Crippen LogP contribution in [0.25, 0.3) is 11.1 Å². The average molecular weight is 289 g/mol. The summed E-state index contributed by atoms with van der Waals surface area (Å²) in [5.74, 6) is -0.0546. The molecule has 1 aromatic heterocycles. The fourth-order valence-corrected chi connectivity index (χ4v) is 3.06. The van der Waals surface area contributed by atoms with Gasteiger partial charge in [0.2, 0.25) is 0 Å². The van der Waals surface area contributed by atoms with E-state index >= 15 is 0 Å². The Morgan fingerprint density at radius 3 is 2.50 bits per heavy atom. The van der Waals surface area contributed by atoms with Crippen molar-refractivity contribution in [3.63, 3.8) is 0 Å². The summed E-state index contributed by atoms with van der Waals surface area (Å²) in [4.78, 5) is 14.8. The van der Waals surface area contributed by atoms with E-state index in [9.17, 15) is 9.90 Å². The minimum absolute atomic E-state index is 0.0546. The lowest BCUT2D eigenvalue weighted by Crippen LogP contribution is -2.39. The number of carbonyl (C=O) groups is 1. The predicted molar refractivity (Wildman–Crippen MR) is 83.0 cm³/mol. The molecule has 0 aliphatic rings. The van der Waals surface area contributed by atoms with Crippen molar-refractivity contribution in [3.05, 3.63) is 46.7 Å². The number of thiophene rings is 1. The number of likely N-dealkylation sites (N-methyl/N-ethyl adjacent to an activating group) is 1. The lowest BCUT2D eigenvalue weighted by atomic mass is 10.1. The Labute approximate surface area is 123 Å². The molecule has 2 rings (SSSR count). The summed E-state index contributed by atoms with van der Waals surface area (Å²) in [5.41, 5.74) is 1.09. The Balaban J connectivity index is 2.27. The first-order valence-corrected chi connectivity index (χ1v) is 7.37. The lowest BCUT2D eigenvalue weighted by molar-refractivity contribution is 0.0371. The van der Waals surface area contributed by atoms with Gasteiger partial charge in [-0.05, 0) is 30.9 Å². The van der Waals surface area contributed by atoms with Crippen LogP contribution in [0.4, 0.5) is 0 Å². The van der Waals surface area contributed by atoms with Crippen LogP contribution in [0.3, 0.4) is 0 Å². The van der Waals surface area contributed by atoms with Gasteiger partial charge in [0.15, 0.2) is 0 Å². The van der Waals surface area contributed by atoms with Crippen LogP contribution in [0, 0.1) is 0 Å². The molecule has 0 saturated carbocycles. The first-order valence-electron chi connectivity index (χ1n) is 6.49. The molecule has 0 aliphatic carbocycles. The second-order valence-electron chi connectivity index (χ2n) is 5.50. The van der Waals surface area contributed by atoms with Crippen LogP contribution in [0.2, 0.25) is 0 Å². The van der Waals surface area contributed by atoms with Gasteiger partial charge in [0.1, 0.15) is 0 Å². The molecule has 0 radical (unpaired) electrons. The number of aliphatic hydroxyl groups is 1. The van der Waals surface area contributed by atoms with Crippen molar-refractivity contribution in [1.82, 2.24) is 4.90 Å². The Bertz CT molecular complexity index is 584. The molecule has 3 nitrogen and oxygen atoms in total. The van der Waals surface area contributed by atoms with Crippen molar-refractivity contribution in [3.8, 4) is 11.1 Å². The molecule has 106 valence electrons. The largest absolute Gasteiger partial charge is 0.389 e. The molecule has 20 heavy (non-hydrogen) atoms. The van der Waals surface area contributed by atoms with Crippen LogP contribution in [-0.4, -0.2) is 35.1 Å². The number of hydrogen-bond acceptors (Lipinski definition) is 3. The second kappa shape index (κ2) is 5.77. The van der Waals surface area contributed by atoms with Gasteiger partial charge in [-0.25, -0.2) is 0 Å². The Morgan fingerprint density at radius 2 is 1.90 bits per heavy atom. The van der Waals surface area contributed by atoms with Crippen LogP contribution in [0.1, 0.15) is 23.5 Å². The summed E-state index contributed by atoms with van der Waals surface area (Å²) >= 11 is 1.43. The highest BCUT2D eigenvalue weighted by Gasteiger charge is 2.23. The van der Waals surface area contributed by atoms with Crippen LogP contribution in [-0.2, 0) is 0 Å². The standard InChI is InChI=1S/C16H19NO2S/c1-16(2,19)11-17(3)15(18)14-13(9-10-20-14)12-7-5-4-6-8-12/h4-10,19H,11H2,1-3H3. The van der Waals surface area contributed by atoms with Crippen LogP contribution in [0.5, 0.6) is 0 Å². The summed E-state index contributed by atoms with van der Waals surface area (Å²) in [6.45, 7) is 3.70. The van der Waals surface area contributed by atoms with Gasteiger partial charge >= 0.3 is 0 Å². The summed E-state index contributed by atoms with van der Waals surface area (Å²) in [5, 5.41) is 11.8. The molecule has 1 amide bonds. The maximum Gasteiger partial charge on any atom is 0.264 e. The van der Waals surface area contributed by atoms with Gasteiger partial charge in [-0.2, -0.15) is 0 Å². The molecular formula is C16H19NO2S. The first-order chi connectivity index (χ1) is 9.38. The Hall–Kier alpha value is -1.65. The van der Waals surface area contributed by atoms with Crippen molar-refractivity contribution >= 4 is 17.2 Å². The van der Waals surface area contributed by atoms with Crippen molar-refractivity contribution < 1.29 is 9.90 Å². The maximum absolute atomic E-state index is 12.5. The molecule has 0 unspecified atom stereocenters. The van der Waals surface area contributed by atoms with Gasteiger partial charge in [0.25, 0.3) is 5.91 Å². The van der Waals surface area contributed by atoms with E-state index in [1.165, 1.54) is 11.3 Å². The molecule has 0 fully saturated rings. The fourth-order valence-electron chi connectivity index (χ4n) is 2.15. The first kappa shape index (κ1) is 14.8. The van der Waals surface area contributed by atoms with Crippen molar-refractivity contribution in [2.75, 3.05) is 13.6 Å². The monoisotopic (exact) mass is 289 g/mol. The smallest absolute Gasteiger partial charge is 0.264 e. The van der Waals surface area contributed by atoms with Gasteiger partial charge < -0.3 is 10.0 Å². The number of nitrogens with zero attached hydrogens (tertiary/aromatic N) is 1. The van der Waals surface area contributed by atoms with Crippen LogP contribution >= 0.6 is 11.3 Å². The molecule has 4 heteroatoms. The number of benzene rings is 1. The maximum atomic E-state index is 12.5. The molecule has 0 bridgehead atoms. The zero-order valence-corrected chi connectivity index (χ0v) is 12.8. The van der Waals surface area contributed by atoms with E-state index in [4.69, 9.17) is 0 Å². The molecule has 0 spiro atoms. The van der Waals surface area contributed by atoms with Gasteiger partial charge in [0.05, 0.1) is 10.5 Å². The normalized spacial score (nSPS) is 11.4. The summed E-state index contributed by atoms with van der Waals surface area (Å²) in [7, 11) is 1.72. The third kappa shape index (κ3) is 3.46. The number of rotatable bonds is 4. The van der Waals surface area contributed by atoms with Crippen LogP contribution < -0.4 is 0 Å². The van der Waals surface area contributed by atoms with Gasteiger partial charge in [-0.15, -0.1) is 11.3 Å². The number of amides is 1. The van der Waals surface area contributed by atoms with Crippen molar-refractivity contribution in [1.29, 1.82) is 0 Å². The molecule has 0 aliphatic heterocycles. The van der Waals surface area contributed by atoms with Gasteiger partial charge in [-0.1, -0.05) is 30.3 Å². The third-order valence-corrected chi connectivity index (χ3v) is 3.82. The highest BCUT2D eigenvalue weighted by atomic mass is 32.1. The van der Waals surface area contributed by atoms with E-state index in [1.807, 2.05) is 41.8 Å². The minimum atomic E-state index is -0.894. The number of hydrogen-bond donors (Lipinski definition) is 1. The topological polar surface area (TPSA) is 40.5 Å². The molecular weight excluding hydrogens is 270 g/mol. The lowest BCUT2D eigenvalue weighted by Gasteiger charge is -2.25. The van der Waals surface area contributed by atoms with Crippen molar-refractivity contribution in [2.24, 2.45) is 0 Å². The molecule has 1 heterocycles. The van der Waals surface area contributed by atoms with E-state index < -0.39 is 5.60 Å². The Kier molecular flexibility index (Phi) is 4.26. The molecule has 2 aromatic rings. The number of carbonyl (C=O) groups excluding carboxylic acids is 1. The second-order valence-corrected chi connectivity index (χ2v) is 6.42. The Morgan fingerprint density at radius 1 is 1.25 bits per heavy atom. The van der Waals surface area contributed by atoms with E-state index in [-0.39, 0.29) is 5.91 Å². The zero-order chi connectivity index (χ0) is 14.8. The average Bonchev–Trinajstić information content (AvgIpc) is 2.86. The predicted octanol–water partition coefficient (Wildman–Crippen LogP) is 3.26. The van der Waals surface area contributed by atoms with E-state index in [0.717, 1.165) is 11.1 Å². The summed E-state index contributed by atoms with van der Waals surface area (Å²) in [6, 6.07) is 11.8. The van der Waals surface area contributed by atoms with E-state index in [1.54, 1.807) is 25.8 Å². The third-order valence-electron chi connectivity index (χ3n) is 2.92. The molecule has 0 atom stereocenters.